The standard InChI is InChI=1S/C15H19ClN4/c1-11(7-8-19(2)3)20-13-6-4-5-12(10-17)15(13)18-14(20)9-16/h4-6,11H,7-9H2,1-3H3. The molecule has 0 amide bonds. The van der Waals surface area contributed by atoms with E-state index in [4.69, 9.17) is 11.6 Å². The second kappa shape index (κ2) is 6.25. The van der Waals surface area contributed by atoms with Crippen LogP contribution in [0.2, 0.25) is 0 Å². The molecule has 1 unspecified atom stereocenters. The summed E-state index contributed by atoms with van der Waals surface area (Å²) in [7, 11) is 4.13. The quantitative estimate of drug-likeness (QED) is 0.795. The third-order valence-electron chi connectivity index (χ3n) is 3.47. The van der Waals surface area contributed by atoms with Gasteiger partial charge >= 0.3 is 0 Å². The highest BCUT2D eigenvalue weighted by atomic mass is 35.5. The zero-order chi connectivity index (χ0) is 14.7. The summed E-state index contributed by atoms with van der Waals surface area (Å²) in [6.07, 6.45) is 1.01. The van der Waals surface area contributed by atoms with E-state index in [2.05, 4.69) is 41.5 Å². The minimum atomic E-state index is 0.296. The third-order valence-corrected chi connectivity index (χ3v) is 3.71. The normalized spacial score (nSPS) is 12.8. The Kier molecular flexibility index (Phi) is 4.64. The van der Waals surface area contributed by atoms with Gasteiger partial charge in [-0.1, -0.05) is 6.07 Å². The zero-order valence-electron chi connectivity index (χ0n) is 12.1. The van der Waals surface area contributed by atoms with Crippen molar-refractivity contribution >= 4 is 22.6 Å². The van der Waals surface area contributed by atoms with Crippen LogP contribution in [0, 0.1) is 11.3 Å². The number of alkyl halides is 1. The van der Waals surface area contributed by atoms with Crippen LogP contribution in [0.15, 0.2) is 18.2 Å². The summed E-state index contributed by atoms with van der Waals surface area (Å²) in [5.74, 6) is 1.18. The summed E-state index contributed by atoms with van der Waals surface area (Å²) >= 11 is 6.03. The molecule has 1 heterocycles. The molecule has 4 nitrogen and oxygen atoms in total. The van der Waals surface area contributed by atoms with Crippen LogP contribution < -0.4 is 0 Å². The van der Waals surface area contributed by atoms with Crippen molar-refractivity contribution in [3.63, 3.8) is 0 Å². The molecule has 20 heavy (non-hydrogen) atoms. The topological polar surface area (TPSA) is 44.9 Å². The Hall–Kier alpha value is -1.57. The number of hydrogen-bond donors (Lipinski definition) is 0. The van der Waals surface area contributed by atoms with Gasteiger partial charge in [0, 0.05) is 6.04 Å². The van der Waals surface area contributed by atoms with Crippen molar-refractivity contribution in [2.45, 2.75) is 25.3 Å². The highest BCUT2D eigenvalue weighted by molar-refractivity contribution is 6.16. The molecule has 1 atom stereocenters. The van der Waals surface area contributed by atoms with E-state index in [1.54, 1.807) is 6.07 Å². The van der Waals surface area contributed by atoms with Gasteiger partial charge in [-0.3, -0.25) is 0 Å². The molecule has 0 spiro atoms. The van der Waals surface area contributed by atoms with Gasteiger partial charge in [-0.25, -0.2) is 4.98 Å². The number of imidazole rings is 1. The minimum absolute atomic E-state index is 0.296. The summed E-state index contributed by atoms with van der Waals surface area (Å²) in [4.78, 5) is 6.71. The Balaban J connectivity index is 2.48. The summed E-state index contributed by atoms with van der Waals surface area (Å²) in [6, 6.07) is 8.19. The maximum absolute atomic E-state index is 9.18. The first kappa shape index (κ1) is 14.8. The Labute approximate surface area is 124 Å². The van der Waals surface area contributed by atoms with Crippen molar-refractivity contribution in [2.75, 3.05) is 20.6 Å². The number of nitrogens with zero attached hydrogens (tertiary/aromatic N) is 4. The molecular weight excluding hydrogens is 272 g/mol. The number of hydrogen-bond acceptors (Lipinski definition) is 3. The van der Waals surface area contributed by atoms with E-state index < -0.39 is 0 Å². The molecule has 0 radical (unpaired) electrons. The van der Waals surface area contributed by atoms with Gasteiger partial charge in [-0.15, -0.1) is 11.6 Å². The Morgan fingerprint density at radius 2 is 2.20 bits per heavy atom. The monoisotopic (exact) mass is 290 g/mol. The Morgan fingerprint density at radius 3 is 2.80 bits per heavy atom. The molecule has 0 N–H and O–H groups in total. The van der Waals surface area contributed by atoms with Gasteiger partial charge in [-0.2, -0.15) is 5.26 Å². The maximum atomic E-state index is 9.18. The van der Waals surface area contributed by atoms with Gasteiger partial charge in [0.2, 0.25) is 0 Å². The van der Waals surface area contributed by atoms with Gasteiger partial charge in [0.05, 0.1) is 17.0 Å². The van der Waals surface area contributed by atoms with Crippen LogP contribution in [0.1, 0.15) is 30.8 Å². The van der Waals surface area contributed by atoms with E-state index in [0.717, 1.165) is 29.8 Å². The molecule has 5 heteroatoms. The lowest BCUT2D eigenvalue weighted by atomic mass is 10.1. The van der Waals surface area contributed by atoms with Gasteiger partial charge in [-0.05, 0) is 46.1 Å². The Morgan fingerprint density at radius 1 is 1.45 bits per heavy atom. The van der Waals surface area contributed by atoms with Crippen molar-refractivity contribution in [2.24, 2.45) is 0 Å². The molecule has 0 aliphatic rings. The maximum Gasteiger partial charge on any atom is 0.125 e. The fourth-order valence-corrected chi connectivity index (χ4v) is 2.60. The van der Waals surface area contributed by atoms with Gasteiger partial charge in [0.1, 0.15) is 17.4 Å². The van der Waals surface area contributed by atoms with Crippen LogP contribution in [0.3, 0.4) is 0 Å². The number of benzene rings is 1. The molecule has 106 valence electrons. The molecule has 1 aromatic carbocycles. The molecular formula is C15H19ClN4. The lowest BCUT2D eigenvalue weighted by Crippen LogP contribution is -2.18. The largest absolute Gasteiger partial charge is 0.324 e. The average molecular weight is 291 g/mol. The van der Waals surface area contributed by atoms with Crippen LogP contribution in [-0.4, -0.2) is 35.1 Å². The first-order valence-electron chi connectivity index (χ1n) is 6.69. The fourth-order valence-electron chi connectivity index (χ4n) is 2.42. The Bertz CT molecular complexity index is 639. The van der Waals surface area contributed by atoms with Gasteiger partial charge in [0.15, 0.2) is 0 Å². The summed E-state index contributed by atoms with van der Waals surface area (Å²) in [5, 5.41) is 9.18. The van der Waals surface area contributed by atoms with Crippen LogP contribution in [-0.2, 0) is 5.88 Å². The van der Waals surface area contributed by atoms with E-state index in [9.17, 15) is 5.26 Å². The molecule has 0 bridgehead atoms. The average Bonchev–Trinajstić information content (AvgIpc) is 2.82. The molecule has 0 saturated heterocycles. The lowest BCUT2D eigenvalue weighted by Gasteiger charge is -2.19. The minimum Gasteiger partial charge on any atom is -0.324 e. The van der Waals surface area contributed by atoms with Crippen LogP contribution >= 0.6 is 11.6 Å². The molecule has 1 aromatic heterocycles. The molecule has 0 saturated carbocycles. The van der Waals surface area contributed by atoms with Gasteiger partial charge < -0.3 is 9.47 Å². The lowest BCUT2D eigenvalue weighted by molar-refractivity contribution is 0.358. The number of aromatic nitrogens is 2. The summed E-state index contributed by atoms with van der Waals surface area (Å²) < 4.78 is 2.16. The smallest absolute Gasteiger partial charge is 0.125 e. The first-order chi connectivity index (χ1) is 9.58. The van der Waals surface area contributed by atoms with E-state index >= 15 is 0 Å². The predicted octanol–water partition coefficient (Wildman–Crippen LogP) is 3.16. The zero-order valence-corrected chi connectivity index (χ0v) is 12.9. The number of fused-ring (bicyclic) bond motifs is 1. The van der Waals surface area contributed by atoms with E-state index in [0.29, 0.717) is 17.5 Å². The highest BCUT2D eigenvalue weighted by Crippen LogP contribution is 2.26. The molecule has 0 aliphatic carbocycles. The van der Waals surface area contributed by atoms with Crippen molar-refractivity contribution in [3.05, 3.63) is 29.6 Å². The third kappa shape index (κ3) is 2.79. The molecule has 0 fully saturated rings. The van der Waals surface area contributed by atoms with Crippen LogP contribution in [0.25, 0.3) is 11.0 Å². The fraction of sp³-hybridized carbons (Fsp3) is 0.467. The number of halogens is 1. The van der Waals surface area contributed by atoms with Gasteiger partial charge in [0.25, 0.3) is 0 Å². The first-order valence-corrected chi connectivity index (χ1v) is 7.22. The van der Waals surface area contributed by atoms with Crippen molar-refractivity contribution < 1.29 is 0 Å². The second-order valence-electron chi connectivity index (χ2n) is 5.26. The molecule has 0 aliphatic heterocycles. The van der Waals surface area contributed by atoms with Crippen molar-refractivity contribution in [3.8, 4) is 6.07 Å². The summed E-state index contributed by atoms with van der Waals surface area (Å²) in [5.41, 5.74) is 2.35. The second-order valence-corrected chi connectivity index (χ2v) is 5.53. The molecule has 2 aromatic rings. The van der Waals surface area contributed by atoms with E-state index in [1.165, 1.54) is 0 Å². The number of nitriles is 1. The van der Waals surface area contributed by atoms with Crippen LogP contribution in [0.5, 0.6) is 0 Å². The number of para-hydroxylation sites is 1. The van der Waals surface area contributed by atoms with Crippen molar-refractivity contribution in [1.29, 1.82) is 5.26 Å². The summed E-state index contributed by atoms with van der Waals surface area (Å²) in [6.45, 7) is 3.17. The number of rotatable bonds is 5. The predicted molar refractivity (Wildman–Crippen MR) is 81.9 cm³/mol. The van der Waals surface area contributed by atoms with E-state index in [-0.39, 0.29) is 0 Å². The SMILES string of the molecule is CC(CCN(C)C)n1c(CCl)nc2c(C#N)cccc21. The van der Waals surface area contributed by atoms with Crippen molar-refractivity contribution in [1.82, 2.24) is 14.5 Å². The van der Waals surface area contributed by atoms with Crippen LogP contribution in [0.4, 0.5) is 0 Å². The molecule has 2 rings (SSSR count). The highest BCUT2D eigenvalue weighted by Gasteiger charge is 2.17. The van der Waals surface area contributed by atoms with E-state index in [1.807, 2.05) is 12.1 Å².